The van der Waals surface area contributed by atoms with Gasteiger partial charge in [0.05, 0.1) is 6.42 Å². The van der Waals surface area contributed by atoms with Crippen molar-refractivity contribution >= 4 is 5.95 Å². The summed E-state index contributed by atoms with van der Waals surface area (Å²) in [6.07, 6.45) is -1.94. The van der Waals surface area contributed by atoms with Crippen molar-refractivity contribution in [1.82, 2.24) is 9.97 Å². The number of hydrogen-bond donors (Lipinski definition) is 1. The highest BCUT2D eigenvalue weighted by molar-refractivity contribution is 5.23. The van der Waals surface area contributed by atoms with E-state index in [2.05, 4.69) is 15.3 Å². The SMILES string of the molecule is Cc1cnc(NCCC(F)(F)F)nc1. The van der Waals surface area contributed by atoms with E-state index in [1.807, 2.05) is 0 Å². The molecule has 1 aromatic rings. The third kappa shape index (κ3) is 4.06. The zero-order valence-corrected chi connectivity index (χ0v) is 7.60. The van der Waals surface area contributed by atoms with E-state index in [9.17, 15) is 13.2 Å². The lowest BCUT2D eigenvalue weighted by atomic mass is 10.4. The maximum absolute atomic E-state index is 11.7. The third-order valence-corrected chi connectivity index (χ3v) is 1.47. The molecule has 1 aromatic heterocycles. The van der Waals surface area contributed by atoms with Crippen LogP contribution in [0.25, 0.3) is 0 Å². The van der Waals surface area contributed by atoms with Gasteiger partial charge in [-0.15, -0.1) is 0 Å². The van der Waals surface area contributed by atoms with Crippen LogP contribution in [-0.4, -0.2) is 22.7 Å². The molecule has 1 N–H and O–H groups in total. The molecule has 0 spiro atoms. The first-order valence-corrected chi connectivity index (χ1v) is 4.07. The Morgan fingerprint density at radius 2 is 1.86 bits per heavy atom. The van der Waals surface area contributed by atoms with E-state index in [1.54, 1.807) is 19.3 Å². The summed E-state index contributed by atoms with van der Waals surface area (Å²) < 4.78 is 35.2. The molecule has 14 heavy (non-hydrogen) atoms. The normalized spacial score (nSPS) is 11.4. The van der Waals surface area contributed by atoms with E-state index in [-0.39, 0.29) is 12.5 Å². The smallest absolute Gasteiger partial charge is 0.354 e. The highest BCUT2D eigenvalue weighted by Crippen LogP contribution is 2.18. The van der Waals surface area contributed by atoms with Crippen LogP contribution in [0.1, 0.15) is 12.0 Å². The molecule has 6 heteroatoms. The highest BCUT2D eigenvalue weighted by Gasteiger charge is 2.26. The molecule has 0 aromatic carbocycles. The molecular weight excluding hydrogens is 195 g/mol. The number of aromatic nitrogens is 2. The standard InChI is InChI=1S/C8H10F3N3/c1-6-4-13-7(14-5-6)12-3-2-8(9,10)11/h4-5H,2-3H2,1H3,(H,12,13,14). The zero-order chi connectivity index (χ0) is 10.6. The number of nitrogens with one attached hydrogen (secondary N) is 1. The average molecular weight is 205 g/mol. The van der Waals surface area contributed by atoms with Gasteiger partial charge in [-0.05, 0) is 12.5 Å². The van der Waals surface area contributed by atoms with E-state index in [1.165, 1.54) is 0 Å². The van der Waals surface area contributed by atoms with Gasteiger partial charge in [-0.25, -0.2) is 9.97 Å². The lowest BCUT2D eigenvalue weighted by Gasteiger charge is -2.07. The maximum atomic E-state index is 11.7. The van der Waals surface area contributed by atoms with E-state index in [0.29, 0.717) is 0 Å². The number of nitrogens with zero attached hydrogens (tertiary/aromatic N) is 2. The maximum Gasteiger partial charge on any atom is 0.390 e. The number of rotatable bonds is 3. The summed E-state index contributed by atoms with van der Waals surface area (Å²) in [6, 6.07) is 0. The topological polar surface area (TPSA) is 37.8 Å². The first-order valence-electron chi connectivity index (χ1n) is 4.07. The fourth-order valence-corrected chi connectivity index (χ4v) is 0.800. The summed E-state index contributed by atoms with van der Waals surface area (Å²) in [7, 11) is 0. The zero-order valence-electron chi connectivity index (χ0n) is 7.60. The van der Waals surface area contributed by atoms with Crippen molar-refractivity contribution < 1.29 is 13.2 Å². The second-order valence-electron chi connectivity index (χ2n) is 2.88. The first-order chi connectivity index (χ1) is 6.47. The summed E-state index contributed by atoms with van der Waals surface area (Å²) in [5.74, 6) is 0.222. The number of anilines is 1. The van der Waals surface area contributed by atoms with Crippen molar-refractivity contribution in [1.29, 1.82) is 0 Å². The molecule has 0 aliphatic rings. The van der Waals surface area contributed by atoms with Crippen molar-refractivity contribution in [2.45, 2.75) is 19.5 Å². The Bertz CT molecular complexity index is 281. The Hall–Kier alpha value is -1.33. The highest BCUT2D eigenvalue weighted by atomic mass is 19.4. The minimum atomic E-state index is -4.14. The minimum Gasteiger partial charge on any atom is -0.354 e. The van der Waals surface area contributed by atoms with Crippen LogP contribution < -0.4 is 5.32 Å². The molecule has 0 aliphatic heterocycles. The van der Waals surface area contributed by atoms with Gasteiger partial charge in [0.15, 0.2) is 0 Å². The lowest BCUT2D eigenvalue weighted by Crippen LogP contribution is -2.15. The van der Waals surface area contributed by atoms with Gasteiger partial charge in [0.2, 0.25) is 5.95 Å². The molecule has 0 amide bonds. The van der Waals surface area contributed by atoms with Gasteiger partial charge in [0.25, 0.3) is 0 Å². The van der Waals surface area contributed by atoms with E-state index < -0.39 is 12.6 Å². The predicted octanol–water partition coefficient (Wildman–Crippen LogP) is 2.15. The van der Waals surface area contributed by atoms with Crippen LogP contribution in [-0.2, 0) is 0 Å². The molecule has 0 fully saturated rings. The molecule has 0 saturated heterocycles. The van der Waals surface area contributed by atoms with Crippen molar-refractivity contribution in [3.05, 3.63) is 18.0 Å². The largest absolute Gasteiger partial charge is 0.390 e. The summed E-state index contributed by atoms with van der Waals surface area (Å²) in [5, 5.41) is 2.49. The summed E-state index contributed by atoms with van der Waals surface area (Å²) in [5.41, 5.74) is 0.867. The molecule has 0 atom stereocenters. The molecule has 0 bridgehead atoms. The molecule has 3 nitrogen and oxygen atoms in total. The quantitative estimate of drug-likeness (QED) is 0.821. The number of alkyl halides is 3. The Morgan fingerprint density at radius 3 is 2.36 bits per heavy atom. The van der Waals surface area contributed by atoms with Crippen molar-refractivity contribution in [3.8, 4) is 0 Å². The van der Waals surface area contributed by atoms with Crippen LogP contribution in [0.15, 0.2) is 12.4 Å². The van der Waals surface area contributed by atoms with E-state index in [4.69, 9.17) is 0 Å². The fraction of sp³-hybridized carbons (Fsp3) is 0.500. The van der Waals surface area contributed by atoms with Gasteiger partial charge >= 0.3 is 6.18 Å². The molecular formula is C8H10F3N3. The van der Waals surface area contributed by atoms with Crippen LogP contribution >= 0.6 is 0 Å². The van der Waals surface area contributed by atoms with Crippen LogP contribution in [0.2, 0.25) is 0 Å². The van der Waals surface area contributed by atoms with Gasteiger partial charge in [-0.1, -0.05) is 0 Å². The summed E-state index contributed by atoms with van der Waals surface area (Å²) >= 11 is 0. The number of hydrogen-bond acceptors (Lipinski definition) is 3. The molecule has 0 radical (unpaired) electrons. The molecule has 0 unspecified atom stereocenters. The lowest BCUT2D eigenvalue weighted by molar-refractivity contribution is -0.131. The third-order valence-electron chi connectivity index (χ3n) is 1.47. The predicted molar refractivity (Wildman–Crippen MR) is 45.9 cm³/mol. The minimum absolute atomic E-state index is 0.202. The van der Waals surface area contributed by atoms with Crippen molar-refractivity contribution in [2.24, 2.45) is 0 Å². The van der Waals surface area contributed by atoms with E-state index in [0.717, 1.165) is 5.56 Å². The molecule has 1 heterocycles. The molecule has 0 aliphatic carbocycles. The Morgan fingerprint density at radius 1 is 1.29 bits per heavy atom. The monoisotopic (exact) mass is 205 g/mol. The number of halogens is 3. The molecule has 0 saturated carbocycles. The van der Waals surface area contributed by atoms with Crippen LogP contribution in [0.3, 0.4) is 0 Å². The second-order valence-corrected chi connectivity index (χ2v) is 2.88. The Balaban J connectivity index is 2.35. The van der Waals surface area contributed by atoms with Crippen LogP contribution in [0.5, 0.6) is 0 Å². The van der Waals surface area contributed by atoms with E-state index >= 15 is 0 Å². The summed E-state index contributed by atoms with van der Waals surface area (Å²) in [4.78, 5) is 7.62. The van der Waals surface area contributed by atoms with Gasteiger partial charge in [0.1, 0.15) is 0 Å². The van der Waals surface area contributed by atoms with Gasteiger partial charge in [-0.2, -0.15) is 13.2 Å². The average Bonchev–Trinajstić information content (AvgIpc) is 2.06. The fourth-order valence-electron chi connectivity index (χ4n) is 0.800. The van der Waals surface area contributed by atoms with Gasteiger partial charge in [0, 0.05) is 18.9 Å². The van der Waals surface area contributed by atoms with Crippen molar-refractivity contribution in [3.63, 3.8) is 0 Å². The first kappa shape index (κ1) is 10.7. The van der Waals surface area contributed by atoms with Crippen molar-refractivity contribution in [2.75, 3.05) is 11.9 Å². The van der Waals surface area contributed by atoms with Crippen LogP contribution in [0.4, 0.5) is 19.1 Å². The molecule has 78 valence electrons. The Labute approximate surface area is 79.4 Å². The summed E-state index contributed by atoms with van der Waals surface area (Å²) in [6.45, 7) is 1.60. The Kier molecular flexibility index (Phi) is 3.27. The molecule has 1 rings (SSSR count). The number of aryl methyl sites for hydroxylation is 1. The second kappa shape index (κ2) is 4.26. The van der Waals surface area contributed by atoms with Gasteiger partial charge in [-0.3, -0.25) is 0 Å². The van der Waals surface area contributed by atoms with Gasteiger partial charge < -0.3 is 5.32 Å². The van der Waals surface area contributed by atoms with Crippen LogP contribution in [0, 0.1) is 6.92 Å².